The highest BCUT2D eigenvalue weighted by atomic mass is 32.2. The maximum absolute atomic E-state index is 12.2. The second-order valence-electron chi connectivity index (χ2n) is 4.34. The van der Waals surface area contributed by atoms with Crippen molar-refractivity contribution < 1.29 is 8.42 Å². The van der Waals surface area contributed by atoms with Crippen LogP contribution in [0.4, 0.5) is 0 Å². The molecule has 0 amide bonds. The Morgan fingerprint density at radius 3 is 2.79 bits per heavy atom. The van der Waals surface area contributed by atoms with E-state index in [0.717, 1.165) is 16.1 Å². The van der Waals surface area contributed by atoms with Crippen LogP contribution >= 0.6 is 11.3 Å². The van der Waals surface area contributed by atoms with E-state index in [4.69, 9.17) is 0 Å². The Morgan fingerprint density at radius 2 is 2.11 bits per heavy atom. The summed E-state index contributed by atoms with van der Waals surface area (Å²) < 4.78 is 27.0. The number of hydrogen-bond acceptors (Lipinski definition) is 4. The van der Waals surface area contributed by atoms with E-state index in [-0.39, 0.29) is 0 Å². The molecule has 0 radical (unpaired) electrons. The molecule has 0 aliphatic heterocycles. The van der Waals surface area contributed by atoms with E-state index in [9.17, 15) is 8.42 Å². The van der Waals surface area contributed by atoms with Gasteiger partial charge in [-0.25, -0.2) is 18.1 Å². The Kier molecular flexibility index (Phi) is 4.34. The zero-order valence-corrected chi connectivity index (χ0v) is 12.5. The number of sulfonamides is 1. The predicted molar refractivity (Wildman–Crippen MR) is 76.9 cm³/mol. The zero-order chi connectivity index (χ0) is 13.9. The van der Waals surface area contributed by atoms with Crippen LogP contribution in [0.15, 0.2) is 34.7 Å². The molecular weight excluding hydrogens is 280 g/mol. The molecule has 1 N–H and O–H groups in total. The summed E-state index contributed by atoms with van der Waals surface area (Å²) in [4.78, 5) is 4.48. The Bertz CT molecular complexity index is 649. The van der Waals surface area contributed by atoms with Crippen molar-refractivity contribution >= 4 is 21.4 Å². The molecule has 6 heteroatoms. The van der Waals surface area contributed by atoms with E-state index < -0.39 is 10.0 Å². The van der Waals surface area contributed by atoms with Crippen LogP contribution in [0.2, 0.25) is 0 Å². The summed E-state index contributed by atoms with van der Waals surface area (Å²) in [6.45, 7) is 4.05. The molecule has 1 aromatic heterocycles. The minimum Gasteiger partial charge on any atom is -0.250 e. The van der Waals surface area contributed by atoms with Crippen LogP contribution in [0.25, 0.3) is 0 Å². The van der Waals surface area contributed by atoms with Crippen molar-refractivity contribution in [3.05, 3.63) is 45.9 Å². The lowest BCUT2D eigenvalue weighted by Crippen LogP contribution is -2.26. The van der Waals surface area contributed by atoms with Gasteiger partial charge in [-0.2, -0.15) is 0 Å². The number of nitrogens with zero attached hydrogens (tertiary/aromatic N) is 1. The van der Waals surface area contributed by atoms with Crippen LogP contribution in [-0.2, 0) is 16.4 Å². The van der Waals surface area contributed by atoms with Gasteiger partial charge < -0.3 is 0 Å². The minimum absolute atomic E-state index is 0.353. The molecule has 0 spiro atoms. The van der Waals surface area contributed by atoms with Gasteiger partial charge in [0, 0.05) is 24.5 Å². The second kappa shape index (κ2) is 5.81. The maximum atomic E-state index is 12.2. The smallest absolute Gasteiger partial charge is 0.240 e. The number of rotatable bonds is 5. The second-order valence-corrected chi connectivity index (χ2v) is 7.06. The summed E-state index contributed by atoms with van der Waals surface area (Å²) in [5.41, 5.74) is 1.69. The van der Waals surface area contributed by atoms with E-state index >= 15 is 0 Å². The van der Waals surface area contributed by atoms with Crippen molar-refractivity contribution in [2.75, 3.05) is 6.54 Å². The minimum atomic E-state index is -3.44. The molecule has 102 valence electrons. The van der Waals surface area contributed by atoms with Crippen LogP contribution in [-0.4, -0.2) is 19.9 Å². The molecule has 0 fully saturated rings. The maximum Gasteiger partial charge on any atom is 0.240 e. The van der Waals surface area contributed by atoms with Gasteiger partial charge in [0.05, 0.1) is 9.90 Å². The van der Waals surface area contributed by atoms with Crippen LogP contribution in [0, 0.1) is 13.8 Å². The highest BCUT2D eigenvalue weighted by Gasteiger charge is 2.16. The van der Waals surface area contributed by atoms with Gasteiger partial charge in [-0.05, 0) is 31.0 Å². The first-order valence-electron chi connectivity index (χ1n) is 5.94. The van der Waals surface area contributed by atoms with Gasteiger partial charge in [0.15, 0.2) is 0 Å². The monoisotopic (exact) mass is 296 g/mol. The largest absolute Gasteiger partial charge is 0.250 e. The molecule has 1 aromatic carbocycles. The van der Waals surface area contributed by atoms with Crippen molar-refractivity contribution in [3.8, 4) is 0 Å². The fourth-order valence-corrected chi connectivity index (χ4v) is 3.72. The molecule has 0 aliphatic carbocycles. The number of benzene rings is 1. The summed E-state index contributed by atoms with van der Waals surface area (Å²) >= 11 is 1.53. The standard InChI is InChI=1S/C13H16N2O2S2/c1-10-3-4-11(2)12(9-10)19(16,17)15-6-5-13-14-7-8-18-13/h3-4,7-9,15H,5-6H2,1-2H3. The molecule has 2 rings (SSSR count). The molecule has 0 aliphatic rings. The summed E-state index contributed by atoms with van der Waals surface area (Å²) in [5, 5.41) is 2.82. The van der Waals surface area contributed by atoms with Crippen molar-refractivity contribution in [1.29, 1.82) is 0 Å². The first-order valence-corrected chi connectivity index (χ1v) is 8.30. The third kappa shape index (κ3) is 3.62. The van der Waals surface area contributed by atoms with Gasteiger partial charge in [-0.15, -0.1) is 11.3 Å². The fourth-order valence-electron chi connectivity index (χ4n) is 1.74. The summed E-state index contributed by atoms with van der Waals surface area (Å²) in [6, 6.07) is 5.43. The van der Waals surface area contributed by atoms with Crippen LogP contribution in [0.3, 0.4) is 0 Å². The van der Waals surface area contributed by atoms with Crippen molar-refractivity contribution in [2.45, 2.75) is 25.2 Å². The van der Waals surface area contributed by atoms with Crippen molar-refractivity contribution in [2.24, 2.45) is 0 Å². The lowest BCUT2D eigenvalue weighted by atomic mass is 10.2. The Balaban J connectivity index is 2.07. The van der Waals surface area contributed by atoms with Crippen LogP contribution in [0.5, 0.6) is 0 Å². The summed E-state index contributed by atoms with van der Waals surface area (Å²) in [5.74, 6) is 0. The van der Waals surface area contributed by atoms with E-state index in [1.54, 1.807) is 19.2 Å². The first kappa shape index (κ1) is 14.2. The van der Waals surface area contributed by atoms with Crippen LogP contribution in [0.1, 0.15) is 16.1 Å². The van der Waals surface area contributed by atoms with E-state index in [1.807, 2.05) is 24.4 Å². The fraction of sp³-hybridized carbons (Fsp3) is 0.308. The Labute approximate surface area is 117 Å². The SMILES string of the molecule is Cc1ccc(C)c(S(=O)(=O)NCCc2nccs2)c1. The van der Waals surface area contributed by atoms with Crippen molar-refractivity contribution in [3.63, 3.8) is 0 Å². The van der Waals surface area contributed by atoms with Gasteiger partial charge in [0.25, 0.3) is 0 Å². The predicted octanol–water partition coefficient (Wildman–Crippen LogP) is 2.28. The molecule has 19 heavy (non-hydrogen) atoms. The highest BCUT2D eigenvalue weighted by Crippen LogP contribution is 2.16. The third-order valence-electron chi connectivity index (χ3n) is 2.75. The van der Waals surface area contributed by atoms with Gasteiger partial charge in [0.1, 0.15) is 0 Å². The normalized spacial score (nSPS) is 11.7. The Hall–Kier alpha value is -1.24. The third-order valence-corrected chi connectivity index (χ3v) is 5.19. The summed E-state index contributed by atoms with van der Waals surface area (Å²) in [6.07, 6.45) is 2.33. The van der Waals surface area contributed by atoms with Gasteiger partial charge in [-0.3, -0.25) is 0 Å². The van der Waals surface area contributed by atoms with Gasteiger partial charge >= 0.3 is 0 Å². The number of thiazole rings is 1. The molecular formula is C13H16N2O2S2. The van der Waals surface area contributed by atoms with Gasteiger partial charge in [0.2, 0.25) is 10.0 Å². The highest BCUT2D eigenvalue weighted by molar-refractivity contribution is 7.89. The lowest BCUT2D eigenvalue weighted by Gasteiger charge is -2.09. The molecule has 0 saturated carbocycles. The molecule has 0 atom stereocenters. The molecule has 1 heterocycles. The molecule has 0 bridgehead atoms. The van der Waals surface area contributed by atoms with Gasteiger partial charge in [-0.1, -0.05) is 12.1 Å². The zero-order valence-electron chi connectivity index (χ0n) is 10.9. The molecule has 2 aromatic rings. The Morgan fingerprint density at radius 1 is 1.32 bits per heavy atom. The van der Waals surface area contributed by atoms with E-state index in [0.29, 0.717) is 17.9 Å². The number of nitrogens with one attached hydrogen (secondary N) is 1. The first-order chi connectivity index (χ1) is 8.99. The molecule has 4 nitrogen and oxygen atoms in total. The molecule has 0 saturated heterocycles. The van der Waals surface area contributed by atoms with Crippen LogP contribution < -0.4 is 4.72 Å². The van der Waals surface area contributed by atoms with E-state index in [2.05, 4.69) is 9.71 Å². The van der Waals surface area contributed by atoms with E-state index in [1.165, 1.54) is 11.3 Å². The number of hydrogen-bond donors (Lipinski definition) is 1. The average molecular weight is 296 g/mol. The average Bonchev–Trinajstić information content (AvgIpc) is 2.85. The quantitative estimate of drug-likeness (QED) is 0.921. The lowest BCUT2D eigenvalue weighted by molar-refractivity contribution is 0.581. The topological polar surface area (TPSA) is 59.1 Å². The van der Waals surface area contributed by atoms with Crippen molar-refractivity contribution in [1.82, 2.24) is 9.71 Å². The summed E-state index contributed by atoms with van der Waals surface area (Å²) in [7, 11) is -3.44. The number of aromatic nitrogens is 1. The number of aryl methyl sites for hydroxylation is 2. The molecule has 0 unspecified atom stereocenters.